The van der Waals surface area contributed by atoms with Crippen molar-refractivity contribution in [2.75, 3.05) is 48.4 Å². The Labute approximate surface area is 328 Å². The largest absolute Gasteiger partial charge is 0.382 e. The van der Waals surface area contributed by atoms with Gasteiger partial charge in [0.15, 0.2) is 0 Å². The second-order valence-electron chi connectivity index (χ2n) is 17.4. The van der Waals surface area contributed by atoms with Crippen molar-refractivity contribution in [3.05, 3.63) is 102 Å². The van der Waals surface area contributed by atoms with Gasteiger partial charge in [-0.3, -0.25) is 0 Å². The van der Waals surface area contributed by atoms with Gasteiger partial charge in [0.2, 0.25) is 0 Å². The second kappa shape index (κ2) is 19.7. The lowest BCUT2D eigenvalue weighted by atomic mass is 9.73. The van der Waals surface area contributed by atoms with Crippen LogP contribution in [0.5, 0.6) is 0 Å². The van der Waals surface area contributed by atoms with E-state index in [-0.39, 0.29) is 22.7 Å². The van der Waals surface area contributed by atoms with Crippen LogP contribution < -0.4 is 15.1 Å². The minimum atomic E-state index is 0.106. The molecule has 0 bridgehead atoms. The number of fused-ring (bicyclic) bond motifs is 1. The summed E-state index contributed by atoms with van der Waals surface area (Å²) in [5, 5.41) is 6.51. The van der Waals surface area contributed by atoms with Crippen molar-refractivity contribution < 1.29 is 9.53 Å². The molecule has 0 saturated heterocycles. The van der Waals surface area contributed by atoms with Crippen molar-refractivity contribution in [2.24, 2.45) is 16.7 Å². The number of anilines is 3. The van der Waals surface area contributed by atoms with Crippen LogP contribution in [0.3, 0.4) is 0 Å². The molecule has 294 valence electrons. The second-order valence-corrected chi connectivity index (χ2v) is 17.4. The molecule has 5 nitrogen and oxygen atoms in total. The fraction of sp³-hybridized carbons (Fsp3) is 0.531. The zero-order valence-electron chi connectivity index (χ0n) is 35.5. The Morgan fingerprint density at radius 3 is 1.67 bits per heavy atom. The Morgan fingerprint density at radius 1 is 0.722 bits per heavy atom. The van der Waals surface area contributed by atoms with Crippen LogP contribution in [0.2, 0.25) is 0 Å². The van der Waals surface area contributed by atoms with Crippen molar-refractivity contribution in [3.63, 3.8) is 0 Å². The van der Waals surface area contributed by atoms with E-state index in [1.54, 1.807) is 0 Å². The van der Waals surface area contributed by atoms with E-state index < -0.39 is 0 Å². The first-order valence-electron chi connectivity index (χ1n) is 20.7. The SMILES string of the molecule is CC(C)(C)CC(C=O)C(C)(C)C.CCN(CC)c1ccc(C(c2ccc(N(CC)CC)cc2)c2ccc(NC3CCCC(OC)C3)c3ccccc23)cc1. The van der Waals surface area contributed by atoms with Crippen molar-refractivity contribution in [1.82, 2.24) is 0 Å². The minimum Gasteiger partial charge on any atom is -0.382 e. The van der Waals surface area contributed by atoms with Gasteiger partial charge < -0.3 is 24.6 Å². The number of aldehydes is 1. The molecule has 1 fully saturated rings. The summed E-state index contributed by atoms with van der Waals surface area (Å²) in [4.78, 5) is 15.6. The first-order valence-corrected chi connectivity index (χ1v) is 20.7. The fourth-order valence-corrected chi connectivity index (χ4v) is 8.11. The molecule has 3 atom stereocenters. The lowest BCUT2D eigenvalue weighted by Crippen LogP contribution is -2.31. The van der Waals surface area contributed by atoms with Crippen LogP contribution in [0.1, 0.15) is 124 Å². The van der Waals surface area contributed by atoms with Gasteiger partial charge in [-0.05, 0) is 123 Å². The van der Waals surface area contributed by atoms with Gasteiger partial charge in [0.1, 0.15) is 6.29 Å². The number of nitrogens with one attached hydrogen (secondary N) is 1. The summed E-state index contributed by atoms with van der Waals surface area (Å²) in [5.74, 6) is 0.311. The smallest absolute Gasteiger partial charge is 0.123 e. The summed E-state index contributed by atoms with van der Waals surface area (Å²) in [5.41, 5.74) is 8.14. The quantitative estimate of drug-likeness (QED) is 0.103. The van der Waals surface area contributed by atoms with Gasteiger partial charge in [0.05, 0.1) is 6.10 Å². The molecule has 3 unspecified atom stereocenters. The number of rotatable bonds is 14. The molecule has 0 amide bonds. The molecule has 0 aromatic heterocycles. The average molecular weight is 734 g/mol. The molecule has 1 N–H and O–H groups in total. The predicted octanol–water partition coefficient (Wildman–Crippen LogP) is 12.4. The number of carbonyl (C=O) groups excluding carboxylic acids is 1. The maximum absolute atomic E-state index is 10.8. The Morgan fingerprint density at radius 2 is 1.24 bits per heavy atom. The van der Waals surface area contributed by atoms with Gasteiger partial charge in [-0.2, -0.15) is 0 Å². The summed E-state index contributed by atoms with van der Waals surface area (Å²) >= 11 is 0. The Bertz CT molecular complexity index is 1650. The number of hydrogen-bond donors (Lipinski definition) is 1. The fourth-order valence-electron chi connectivity index (χ4n) is 8.11. The number of carbonyl (C=O) groups is 1. The van der Waals surface area contributed by atoms with Crippen molar-refractivity contribution in [3.8, 4) is 0 Å². The van der Waals surface area contributed by atoms with Crippen LogP contribution in [0.25, 0.3) is 10.8 Å². The molecule has 5 rings (SSSR count). The Hall–Kier alpha value is -3.83. The summed E-state index contributed by atoms with van der Waals surface area (Å²) in [6.07, 6.45) is 7.05. The monoisotopic (exact) mass is 734 g/mol. The molecule has 0 spiro atoms. The van der Waals surface area contributed by atoms with Gasteiger partial charge >= 0.3 is 0 Å². The molecule has 4 aromatic rings. The average Bonchev–Trinajstić information content (AvgIpc) is 3.16. The Kier molecular flexibility index (Phi) is 15.6. The Balaban J connectivity index is 0.000000467. The van der Waals surface area contributed by atoms with Crippen molar-refractivity contribution >= 4 is 34.1 Å². The van der Waals surface area contributed by atoms with Crippen LogP contribution in [-0.4, -0.2) is 51.7 Å². The van der Waals surface area contributed by atoms with E-state index in [1.165, 1.54) is 57.4 Å². The number of nitrogens with zero attached hydrogens (tertiary/aromatic N) is 2. The molecule has 54 heavy (non-hydrogen) atoms. The zero-order valence-corrected chi connectivity index (χ0v) is 35.5. The molecular formula is C49H71N3O2. The van der Waals surface area contributed by atoms with Crippen LogP contribution in [0.15, 0.2) is 84.9 Å². The van der Waals surface area contributed by atoms with Crippen LogP contribution in [0.4, 0.5) is 17.1 Å². The van der Waals surface area contributed by atoms with Crippen LogP contribution in [0, 0.1) is 16.7 Å². The first kappa shape index (κ1) is 42.9. The molecule has 0 aliphatic heterocycles. The molecule has 1 aliphatic rings. The third kappa shape index (κ3) is 11.4. The molecular weight excluding hydrogens is 663 g/mol. The lowest BCUT2D eigenvalue weighted by Gasteiger charge is -2.31. The maximum atomic E-state index is 10.8. The zero-order chi connectivity index (χ0) is 39.5. The number of hydrogen-bond acceptors (Lipinski definition) is 5. The van der Waals surface area contributed by atoms with Gasteiger partial charge in [-0.25, -0.2) is 0 Å². The topological polar surface area (TPSA) is 44.8 Å². The highest BCUT2D eigenvalue weighted by molar-refractivity contribution is 5.97. The highest BCUT2D eigenvalue weighted by atomic mass is 16.5. The van der Waals surface area contributed by atoms with Crippen LogP contribution >= 0.6 is 0 Å². The number of methoxy groups -OCH3 is 1. The lowest BCUT2D eigenvalue weighted by molar-refractivity contribution is -0.115. The van der Waals surface area contributed by atoms with E-state index in [9.17, 15) is 4.79 Å². The normalized spacial score (nSPS) is 16.7. The molecule has 4 aromatic carbocycles. The van der Waals surface area contributed by atoms with E-state index in [4.69, 9.17) is 4.74 Å². The van der Waals surface area contributed by atoms with Gasteiger partial charge in [0, 0.05) is 73.6 Å². The maximum Gasteiger partial charge on any atom is 0.123 e. The standard InChI is InChI=1S/C38H49N3O.C11H22O/c1-6-40(7-2)31-21-17-28(18-22-31)38(29-19-23-32(24-20-29)41(8-3)9-4)36-25-26-37(35-16-11-10-15-34(35)36)39-30-13-12-14-33(27-30)42-5;1-10(2,3)7-9(8-12)11(4,5)6/h10-11,15-26,30,33,38-39H,6-9,12-14,27H2,1-5H3;8-9H,7H2,1-6H3. The highest BCUT2D eigenvalue weighted by Gasteiger charge is 2.28. The van der Waals surface area contributed by atoms with Gasteiger partial charge in [-0.15, -0.1) is 0 Å². The van der Waals surface area contributed by atoms with E-state index in [0.29, 0.717) is 12.1 Å². The summed E-state index contributed by atoms with van der Waals surface area (Å²) < 4.78 is 5.72. The third-order valence-electron chi connectivity index (χ3n) is 11.4. The van der Waals surface area contributed by atoms with E-state index in [2.05, 4.69) is 169 Å². The molecule has 1 aliphatic carbocycles. The number of benzene rings is 4. The van der Waals surface area contributed by atoms with Crippen molar-refractivity contribution in [2.45, 2.75) is 119 Å². The summed E-state index contributed by atoms with van der Waals surface area (Å²) in [6.45, 7) is 25.8. The highest BCUT2D eigenvalue weighted by Crippen LogP contribution is 2.40. The minimum absolute atomic E-state index is 0.106. The molecule has 5 heteroatoms. The predicted molar refractivity (Wildman–Crippen MR) is 235 cm³/mol. The van der Waals surface area contributed by atoms with Crippen LogP contribution in [-0.2, 0) is 9.53 Å². The molecule has 0 heterocycles. The summed E-state index contributed by atoms with van der Waals surface area (Å²) in [7, 11) is 1.85. The van der Waals surface area contributed by atoms with E-state index in [1.807, 2.05) is 7.11 Å². The molecule has 0 radical (unpaired) electrons. The first-order chi connectivity index (χ1) is 25.8. The van der Waals surface area contributed by atoms with E-state index >= 15 is 0 Å². The summed E-state index contributed by atoms with van der Waals surface area (Å²) in [6, 6.07) is 32.6. The van der Waals surface area contributed by atoms with Gasteiger partial charge in [-0.1, -0.05) is 96.1 Å². The van der Waals surface area contributed by atoms with E-state index in [0.717, 1.165) is 51.7 Å². The van der Waals surface area contributed by atoms with Crippen molar-refractivity contribution in [1.29, 1.82) is 0 Å². The number of ether oxygens (including phenoxy) is 1. The van der Waals surface area contributed by atoms with Gasteiger partial charge in [0.25, 0.3) is 0 Å². The third-order valence-corrected chi connectivity index (χ3v) is 11.4. The molecule has 1 saturated carbocycles.